The van der Waals surface area contributed by atoms with Crippen molar-refractivity contribution in [1.82, 2.24) is 4.90 Å². The molecule has 2 aromatic rings. The van der Waals surface area contributed by atoms with Gasteiger partial charge in [0.2, 0.25) is 5.91 Å². The van der Waals surface area contributed by atoms with Gasteiger partial charge >= 0.3 is 0 Å². The normalized spacial score (nSPS) is 10.3. The van der Waals surface area contributed by atoms with Crippen molar-refractivity contribution in [3.05, 3.63) is 59.2 Å². The second kappa shape index (κ2) is 9.04. The van der Waals surface area contributed by atoms with E-state index in [4.69, 9.17) is 0 Å². The van der Waals surface area contributed by atoms with Gasteiger partial charge in [-0.25, -0.2) is 0 Å². The highest BCUT2D eigenvalue weighted by atomic mass is 16.2. The number of anilines is 2. The Kier molecular flexibility index (Phi) is 6.78. The van der Waals surface area contributed by atoms with Crippen LogP contribution in [0.25, 0.3) is 0 Å². The highest BCUT2D eigenvalue weighted by molar-refractivity contribution is 5.96. The average molecular weight is 353 g/mol. The smallest absolute Gasteiger partial charge is 0.253 e. The van der Waals surface area contributed by atoms with Crippen LogP contribution in [0.15, 0.2) is 42.5 Å². The van der Waals surface area contributed by atoms with Crippen molar-refractivity contribution in [2.45, 2.75) is 27.7 Å². The molecule has 2 N–H and O–H groups in total. The molecule has 0 aliphatic heterocycles. The molecule has 26 heavy (non-hydrogen) atoms. The van der Waals surface area contributed by atoms with Gasteiger partial charge in [-0.05, 0) is 75.2 Å². The van der Waals surface area contributed by atoms with Gasteiger partial charge in [0, 0.05) is 30.0 Å². The molecule has 0 spiro atoms. The van der Waals surface area contributed by atoms with E-state index in [9.17, 15) is 9.59 Å². The summed E-state index contributed by atoms with van der Waals surface area (Å²) in [6.07, 6.45) is 0. The fourth-order valence-electron chi connectivity index (χ4n) is 2.63. The lowest BCUT2D eigenvalue weighted by Gasteiger charge is -2.18. The average Bonchev–Trinajstić information content (AvgIpc) is 2.64. The van der Waals surface area contributed by atoms with Crippen molar-refractivity contribution < 1.29 is 9.59 Å². The van der Waals surface area contributed by atoms with Crippen LogP contribution in [0.4, 0.5) is 11.4 Å². The number of rotatable bonds is 7. The van der Waals surface area contributed by atoms with Crippen LogP contribution >= 0.6 is 0 Å². The molecule has 2 amide bonds. The van der Waals surface area contributed by atoms with Crippen LogP contribution in [0.5, 0.6) is 0 Å². The van der Waals surface area contributed by atoms with Crippen LogP contribution in [0.1, 0.15) is 35.3 Å². The number of hydrogen-bond acceptors (Lipinski definition) is 3. The lowest BCUT2D eigenvalue weighted by molar-refractivity contribution is -0.114. The fraction of sp³-hybridized carbons (Fsp3) is 0.333. The lowest BCUT2D eigenvalue weighted by atomic mass is 10.1. The molecule has 0 aliphatic rings. The van der Waals surface area contributed by atoms with Gasteiger partial charge in [-0.2, -0.15) is 0 Å². The number of nitrogens with zero attached hydrogens (tertiary/aromatic N) is 1. The summed E-state index contributed by atoms with van der Waals surface area (Å²) < 4.78 is 0. The van der Waals surface area contributed by atoms with Crippen LogP contribution < -0.4 is 10.6 Å². The molecule has 0 fully saturated rings. The third kappa shape index (κ3) is 5.09. The molecule has 0 unspecified atom stereocenters. The largest absolute Gasteiger partial charge is 0.376 e. The van der Waals surface area contributed by atoms with E-state index in [0.717, 1.165) is 5.69 Å². The first-order valence-electron chi connectivity index (χ1n) is 8.95. The number of carbonyl (C=O) groups is 2. The third-order valence-electron chi connectivity index (χ3n) is 4.43. The van der Waals surface area contributed by atoms with E-state index < -0.39 is 0 Å². The van der Waals surface area contributed by atoms with Gasteiger partial charge in [-0.15, -0.1) is 0 Å². The van der Waals surface area contributed by atoms with Crippen molar-refractivity contribution >= 4 is 23.2 Å². The van der Waals surface area contributed by atoms with Crippen molar-refractivity contribution in [3.63, 3.8) is 0 Å². The number of hydrogen-bond donors (Lipinski definition) is 2. The molecule has 0 bridgehead atoms. The van der Waals surface area contributed by atoms with Crippen LogP contribution in [0, 0.1) is 13.8 Å². The third-order valence-corrected chi connectivity index (χ3v) is 4.43. The zero-order chi connectivity index (χ0) is 19.1. The maximum absolute atomic E-state index is 12.3. The summed E-state index contributed by atoms with van der Waals surface area (Å²) >= 11 is 0. The maximum Gasteiger partial charge on any atom is 0.253 e. The Morgan fingerprint density at radius 3 is 2.08 bits per heavy atom. The molecular formula is C21H27N3O2. The van der Waals surface area contributed by atoms with Gasteiger partial charge in [0.05, 0.1) is 6.54 Å². The summed E-state index contributed by atoms with van der Waals surface area (Å²) in [4.78, 5) is 26.2. The van der Waals surface area contributed by atoms with Crippen LogP contribution in [0.2, 0.25) is 0 Å². The topological polar surface area (TPSA) is 61.4 Å². The monoisotopic (exact) mass is 353 g/mol. The van der Waals surface area contributed by atoms with Crippen molar-refractivity contribution in [2.75, 3.05) is 30.3 Å². The van der Waals surface area contributed by atoms with Crippen molar-refractivity contribution in [3.8, 4) is 0 Å². The zero-order valence-corrected chi connectivity index (χ0v) is 15.9. The molecule has 5 heteroatoms. The number of nitrogens with one attached hydrogen (secondary N) is 2. The minimum atomic E-state index is -0.133. The Balaban J connectivity index is 1.90. The Morgan fingerprint density at radius 2 is 1.50 bits per heavy atom. The predicted octanol–water partition coefficient (Wildman–Crippen LogP) is 3.84. The highest BCUT2D eigenvalue weighted by Crippen LogP contribution is 2.14. The number of aryl methyl sites for hydroxylation is 2. The second-order valence-electron chi connectivity index (χ2n) is 6.26. The second-order valence-corrected chi connectivity index (χ2v) is 6.26. The number of carbonyl (C=O) groups excluding carboxylic acids is 2. The lowest BCUT2D eigenvalue weighted by Crippen LogP contribution is -2.30. The molecule has 0 saturated carbocycles. The summed E-state index contributed by atoms with van der Waals surface area (Å²) in [6.45, 7) is 9.55. The molecule has 5 nitrogen and oxygen atoms in total. The quantitative estimate of drug-likeness (QED) is 0.795. The molecule has 0 atom stereocenters. The molecule has 0 saturated heterocycles. The van der Waals surface area contributed by atoms with Gasteiger partial charge in [-0.3, -0.25) is 9.59 Å². The number of benzene rings is 2. The summed E-state index contributed by atoms with van der Waals surface area (Å²) in [5, 5.41) is 5.95. The van der Waals surface area contributed by atoms with Crippen molar-refractivity contribution in [1.29, 1.82) is 0 Å². The molecule has 0 aromatic heterocycles. The zero-order valence-electron chi connectivity index (χ0n) is 15.9. The van der Waals surface area contributed by atoms with Gasteiger partial charge in [-0.1, -0.05) is 6.07 Å². The summed E-state index contributed by atoms with van der Waals surface area (Å²) in [6, 6.07) is 13.0. The van der Waals surface area contributed by atoms with E-state index >= 15 is 0 Å². The fourth-order valence-corrected chi connectivity index (χ4v) is 2.63. The minimum absolute atomic E-state index is 0.00397. The van der Waals surface area contributed by atoms with Crippen LogP contribution in [-0.4, -0.2) is 36.3 Å². The van der Waals surface area contributed by atoms with Gasteiger partial charge in [0.25, 0.3) is 5.91 Å². The molecular weight excluding hydrogens is 326 g/mol. The molecule has 2 rings (SSSR count). The summed E-state index contributed by atoms with van der Waals surface area (Å²) in [7, 11) is 0. The van der Waals surface area contributed by atoms with E-state index in [-0.39, 0.29) is 18.4 Å². The Labute approximate surface area is 155 Å². The molecule has 138 valence electrons. The van der Waals surface area contributed by atoms with Crippen LogP contribution in [0.3, 0.4) is 0 Å². The highest BCUT2D eigenvalue weighted by Gasteiger charge is 2.12. The van der Waals surface area contributed by atoms with Crippen LogP contribution in [-0.2, 0) is 4.79 Å². The Bertz CT molecular complexity index is 765. The first kappa shape index (κ1) is 19.5. The first-order chi connectivity index (χ1) is 12.4. The van der Waals surface area contributed by atoms with Gasteiger partial charge in [0.15, 0.2) is 0 Å². The van der Waals surface area contributed by atoms with E-state index in [1.807, 2.05) is 39.0 Å². The van der Waals surface area contributed by atoms with E-state index in [0.29, 0.717) is 24.3 Å². The Hall–Kier alpha value is -2.82. The SMILES string of the molecule is CCN(CC)C(=O)c1ccc(NC(=O)CNc2ccc(C)c(C)c2)cc1. The molecule has 0 aliphatic carbocycles. The molecule has 0 heterocycles. The van der Waals surface area contributed by atoms with E-state index in [2.05, 4.69) is 17.6 Å². The molecule has 2 aromatic carbocycles. The first-order valence-corrected chi connectivity index (χ1v) is 8.95. The summed E-state index contributed by atoms with van der Waals surface area (Å²) in [5.74, 6) is -0.129. The maximum atomic E-state index is 12.3. The van der Waals surface area contributed by atoms with Gasteiger partial charge < -0.3 is 15.5 Å². The number of amides is 2. The van der Waals surface area contributed by atoms with E-state index in [1.54, 1.807) is 29.2 Å². The standard InChI is InChI=1S/C21H27N3O2/c1-5-24(6-2)21(26)17-8-11-18(12-9-17)23-20(25)14-22-19-10-7-15(3)16(4)13-19/h7-13,22H,5-6,14H2,1-4H3,(H,23,25). The molecule has 0 radical (unpaired) electrons. The Morgan fingerprint density at radius 1 is 0.885 bits per heavy atom. The summed E-state index contributed by atoms with van der Waals surface area (Å²) in [5.41, 5.74) is 4.62. The van der Waals surface area contributed by atoms with Crippen molar-refractivity contribution in [2.24, 2.45) is 0 Å². The van der Waals surface area contributed by atoms with Gasteiger partial charge in [0.1, 0.15) is 0 Å². The van der Waals surface area contributed by atoms with E-state index in [1.165, 1.54) is 11.1 Å². The predicted molar refractivity (Wildman–Crippen MR) is 107 cm³/mol. The minimum Gasteiger partial charge on any atom is -0.376 e.